The van der Waals surface area contributed by atoms with E-state index in [-0.39, 0.29) is 7.43 Å². The number of hydrogen-bond donors (Lipinski definition) is 1. The molecule has 2 heteroatoms. The van der Waals surface area contributed by atoms with E-state index in [0.29, 0.717) is 0 Å². The van der Waals surface area contributed by atoms with Crippen LogP contribution in [-0.2, 0) is 0 Å². The van der Waals surface area contributed by atoms with E-state index in [4.69, 9.17) is 5.73 Å². The second kappa shape index (κ2) is 26.2. The molecule has 56 valence electrons. The lowest BCUT2D eigenvalue weighted by molar-refractivity contribution is 1.14. The Morgan fingerprint density at radius 3 is 1.89 bits per heavy atom. The highest BCUT2D eigenvalue weighted by Crippen LogP contribution is 1.53. The molecule has 0 aliphatic rings. The molecule has 9 heavy (non-hydrogen) atoms. The second-order valence-corrected chi connectivity index (χ2v) is 1.04. The third-order valence-corrected chi connectivity index (χ3v) is 0.270. The molecule has 0 radical (unpaired) electrons. The SMILES string of the molecule is C.C=C=NCC.CCN. The molecule has 0 saturated carbocycles. The minimum atomic E-state index is 0. The van der Waals surface area contributed by atoms with Gasteiger partial charge in [-0.2, -0.15) is 0 Å². The summed E-state index contributed by atoms with van der Waals surface area (Å²) in [5.41, 5.74) is 4.85. The summed E-state index contributed by atoms with van der Waals surface area (Å²) < 4.78 is 0. The summed E-state index contributed by atoms with van der Waals surface area (Å²) in [6.45, 7) is 8.65. The Kier molecular flexibility index (Phi) is 45.9. The molecule has 2 nitrogen and oxygen atoms in total. The van der Waals surface area contributed by atoms with Gasteiger partial charge in [0.1, 0.15) is 0 Å². The van der Waals surface area contributed by atoms with Crippen molar-refractivity contribution in [1.82, 2.24) is 0 Å². The van der Waals surface area contributed by atoms with Crippen LogP contribution < -0.4 is 5.73 Å². The van der Waals surface area contributed by atoms with Crippen LogP contribution >= 0.6 is 0 Å². The smallest absolute Gasteiger partial charge is 0.0455 e. The molecule has 0 fully saturated rings. The molecule has 0 amide bonds. The molecule has 0 aromatic heterocycles. The van der Waals surface area contributed by atoms with Gasteiger partial charge in [0.2, 0.25) is 0 Å². The number of aliphatic imine (C=N–C) groups is 1. The summed E-state index contributed by atoms with van der Waals surface area (Å²) in [5.74, 6) is 2.39. The maximum Gasteiger partial charge on any atom is 0.0455 e. The Balaban J connectivity index is -0.0000000800. The maximum atomic E-state index is 4.85. The van der Waals surface area contributed by atoms with Crippen molar-refractivity contribution in [3.63, 3.8) is 0 Å². The molecular weight excluding hydrogens is 112 g/mol. The van der Waals surface area contributed by atoms with Crippen molar-refractivity contribution in [2.45, 2.75) is 21.3 Å². The van der Waals surface area contributed by atoms with E-state index >= 15 is 0 Å². The fourth-order valence-electron chi connectivity index (χ4n) is 0.112. The molecule has 0 unspecified atom stereocenters. The summed E-state index contributed by atoms with van der Waals surface area (Å²) in [5, 5.41) is 0. The van der Waals surface area contributed by atoms with Gasteiger partial charge in [0.15, 0.2) is 0 Å². The van der Waals surface area contributed by atoms with Crippen molar-refractivity contribution in [3.8, 4) is 0 Å². The van der Waals surface area contributed by atoms with Gasteiger partial charge in [-0.05, 0) is 25.9 Å². The van der Waals surface area contributed by atoms with Crippen LogP contribution in [-0.4, -0.2) is 19.0 Å². The minimum absolute atomic E-state index is 0. The Bertz CT molecular complexity index is 63.3. The Labute approximate surface area is 58.5 Å². The van der Waals surface area contributed by atoms with Crippen LogP contribution in [0.4, 0.5) is 0 Å². The average molecular weight is 130 g/mol. The van der Waals surface area contributed by atoms with Crippen LogP contribution in [0.3, 0.4) is 0 Å². The van der Waals surface area contributed by atoms with Gasteiger partial charge in [-0.1, -0.05) is 14.4 Å². The Morgan fingerprint density at radius 1 is 1.56 bits per heavy atom. The number of hydrogen-bond acceptors (Lipinski definition) is 2. The fourth-order valence-corrected chi connectivity index (χ4v) is 0.112. The van der Waals surface area contributed by atoms with Gasteiger partial charge in [0, 0.05) is 6.54 Å². The second-order valence-electron chi connectivity index (χ2n) is 1.04. The van der Waals surface area contributed by atoms with Gasteiger partial charge in [-0.25, -0.2) is 4.99 Å². The van der Waals surface area contributed by atoms with E-state index < -0.39 is 0 Å². The lowest BCUT2D eigenvalue weighted by Crippen LogP contribution is -1.87. The quantitative estimate of drug-likeness (QED) is 0.536. The van der Waals surface area contributed by atoms with Crippen molar-refractivity contribution < 1.29 is 0 Å². The van der Waals surface area contributed by atoms with Gasteiger partial charge < -0.3 is 5.73 Å². The van der Waals surface area contributed by atoms with E-state index in [1.54, 1.807) is 0 Å². The van der Waals surface area contributed by atoms with Gasteiger partial charge in [-0.15, -0.1) is 0 Å². The molecule has 0 aromatic carbocycles. The zero-order chi connectivity index (χ0) is 6.83. The predicted octanol–water partition coefficient (Wildman–Crippen LogP) is 1.46. The van der Waals surface area contributed by atoms with Crippen molar-refractivity contribution in [2.24, 2.45) is 10.7 Å². The summed E-state index contributed by atoms with van der Waals surface area (Å²) >= 11 is 0. The molecule has 0 aliphatic carbocycles. The van der Waals surface area contributed by atoms with Gasteiger partial charge in [-0.3, -0.25) is 0 Å². The fraction of sp³-hybridized carbons (Fsp3) is 0.714. The lowest BCUT2D eigenvalue weighted by Gasteiger charge is -1.61. The lowest BCUT2D eigenvalue weighted by atomic mass is 10.8. The number of nitrogens with two attached hydrogens (primary N) is 1. The molecule has 0 saturated heterocycles. The van der Waals surface area contributed by atoms with Crippen LogP contribution in [0, 0.1) is 0 Å². The third kappa shape index (κ3) is 109. The van der Waals surface area contributed by atoms with Crippen molar-refractivity contribution in [2.75, 3.05) is 13.1 Å². The molecule has 0 aromatic rings. The van der Waals surface area contributed by atoms with Gasteiger partial charge in [0.25, 0.3) is 0 Å². The van der Waals surface area contributed by atoms with E-state index in [2.05, 4.69) is 17.4 Å². The Morgan fingerprint density at radius 2 is 1.89 bits per heavy atom. The van der Waals surface area contributed by atoms with Crippen molar-refractivity contribution in [1.29, 1.82) is 0 Å². The number of rotatable bonds is 1. The van der Waals surface area contributed by atoms with Crippen LogP contribution in [0.5, 0.6) is 0 Å². The van der Waals surface area contributed by atoms with Crippen LogP contribution in [0.15, 0.2) is 11.6 Å². The molecule has 0 atom stereocenters. The van der Waals surface area contributed by atoms with E-state index in [9.17, 15) is 0 Å². The van der Waals surface area contributed by atoms with Crippen LogP contribution in [0.25, 0.3) is 0 Å². The first-order valence-corrected chi connectivity index (χ1v) is 2.72. The first kappa shape index (κ1) is 15.8. The van der Waals surface area contributed by atoms with Crippen molar-refractivity contribution >= 4 is 5.87 Å². The highest BCUT2D eigenvalue weighted by Gasteiger charge is 1.48. The molecule has 0 bridgehead atoms. The first-order valence-electron chi connectivity index (χ1n) is 2.72. The molecule has 0 heterocycles. The largest absolute Gasteiger partial charge is 0.331 e. The first-order chi connectivity index (χ1) is 3.83. The Hall–Kier alpha value is -0.590. The van der Waals surface area contributed by atoms with Crippen molar-refractivity contribution in [3.05, 3.63) is 6.58 Å². The molecular formula is C7H18N2. The summed E-state index contributed by atoms with van der Waals surface area (Å²) in [4.78, 5) is 3.61. The number of nitrogens with zero attached hydrogens (tertiary/aromatic N) is 1. The standard InChI is InChI=1S/C4H7N.C2H7N.CH4/c1-3-5-4-2;1-2-3;/h1,4H2,2H3;2-3H2,1H3;1H4. The highest BCUT2D eigenvalue weighted by atomic mass is 14.7. The monoisotopic (exact) mass is 130 g/mol. The zero-order valence-corrected chi connectivity index (χ0v) is 5.65. The van der Waals surface area contributed by atoms with E-state index in [1.807, 2.05) is 13.8 Å². The summed E-state index contributed by atoms with van der Waals surface area (Å²) in [6, 6.07) is 0. The third-order valence-electron chi connectivity index (χ3n) is 0.270. The highest BCUT2D eigenvalue weighted by molar-refractivity contribution is 5.46. The molecule has 0 aliphatic heterocycles. The maximum absolute atomic E-state index is 4.85. The van der Waals surface area contributed by atoms with Gasteiger partial charge in [0.05, 0.1) is 0 Å². The topological polar surface area (TPSA) is 38.4 Å². The van der Waals surface area contributed by atoms with Gasteiger partial charge >= 0.3 is 0 Å². The molecule has 0 rings (SSSR count). The summed E-state index contributed by atoms with van der Waals surface area (Å²) in [7, 11) is 0. The predicted molar refractivity (Wildman–Crippen MR) is 45.1 cm³/mol. The summed E-state index contributed by atoms with van der Waals surface area (Å²) in [6.07, 6.45) is 0. The minimum Gasteiger partial charge on any atom is -0.331 e. The van der Waals surface area contributed by atoms with Crippen LogP contribution in [0.1, 0.15) is 21.3 Å². The normalized spacial score (nSPS) is 5.22. The zero-order valence-electron chi connectivity index (χ0n) is 5.65. The molecule has 2 N–H and O–H groups in total. The molecule has 0 spiro atoms. The van der Waals surface area contributed by atoms with E-state index in [0.717, 1.165) is 13.1 Å². The van der Waals surface area contributed by atoms with Crippen LogP contribution in [0.2, 0.25) is 0 Å². The van der Waals surface area contributed by atoms with E-state index in [1.165, 1.54) is 0 Å². The average Bonchev–Trinajstić information content (AvgIpc) is 1.71.